The van der Waals surface area contributed by atoms with Gasteiger partial charge in [0.05, 0.1) is 24.5 Å². The van der Waals surface area contributed by atoms with Crippen LogP contribution in [0.5, 0.6) is 0 Å². The van der Waals surface area contributed by atoms with Crippen molar-refractivity contribution in [3.05, 3.63) is 15.6 Å². The van der Waals surface area contributed by atoms with E-state index < -0.39 is 10.0 Å². The lowest BCUT2D eigenvalue weighted by atomic mass is 10.2. The molecule has 108 valence electrons. The van der Waals surface area contributed by atoms with Gasteiger partial charge in [0.2, 0.25) is 15.9 Å². The molecule has 1 aromatic rings. The minimum atomic E-state index is -3.35. The molecular weight excluding hydrogens is 286 g/mol. The van der Waals surface area contributed by atoms with Gasteiger partial charge in [0, 0.05) is 4.88 Å². The van der Waals surface area contributed by atoms with Gasteiger partial charge in [-0.1, -0.05) is 6.92 Å². The van der Waals surface area contributed by atoms with Gasteiger partial charge in [-0.05, 0) is 20.3 Å². The highest BCUT2D eigenvalue weighted by molar-refractivity contribution is 7.88. The average Bonchev–Trinajstić information content (AvgIpc) is 2.63. The number of carbonyl (C=O) groups excluding carboxylic acids is 1. The minimum Gasteiger partial charge on any atom is -0.346 e. The Balaban J connectivity index is 2.64. The van der Waals surface area contributed by atoms with Crippen molar-refractivity contribution in [1.29, 1.82) is 0 Å². The summed E-state index contributed by atoms with van der Waals surface area (Å²) in [5, 5.41) is 3.63. The molecule has 0 saturated heterocycles. The Morgan fingerprint density at radius 1 is 1.42 bits per heavy atom. The summed E-state index contributed by atoms with van der Waals surface area (Å²) in [6, 6.07) is -0.175. The molecular formula is C11H19N3O3S2. The van der Waals surface area contributed by atoms with Crippen molar-refractivity contribution >= 4 is 27.3 Å². The van der Waals surface area contributed by atoms with Gasteiger partial charge in [0.25, 0.3) is 0 Å². The second-order valence-electron chi connectivity index (χ2n) is 4.32. The Kier molecular flexibility index (Phi) is 5.45. The molecule has 0 radical (unpaired) electrons. The number of amides is 1. The van der Waals surface area contributed by atoms with Crippen molar-refractivity contribution in [1.82, 2.24) is 15.0 Å². The van der Waals surface area contributed by atoms with E-state index in [1.54, 1.807) is 11.3 Å². The third-order valence-corrected chi connectivity index (χ3v) is 4.44. The number of thiazole rings is 1. The lowest BCUT2D eigenvalue weighted by molar-refractivity contribution is -0.120. The Hall–Kier alpha value is -0.990. The number of aromatic nitrogens is 1. The van der Waals surface area contributed by atoms with Gasteiger partial charge in [-0.25, -0.2) is 18.1 Å². The topological polar surface area (TPSA) is 88.2 Å². The lowest BCUT2D eigenvalue weighted by Crippen LogP contribution is -2.38. The zero-order valence-corrected chi connectivity index (χ0v) is 13.1. The average molecular weight is 305 g/mol. The maximum atomic E-state index is 11.7. The maximum Gasteiger partial charge on any atom is 0.235 e. The van der Waals surface area contributed by atoms with Crippen molar-refractivity contribution in [3.63, 3.8) is 0 Å². The van der Waals surface area contributed by atoms with Crippen molar-refractivity contribution in [2.75, 3.05) is 12.8 Å². The number of nitrogens with zero attached hydrogens (tertiary/aromatic N) is 1. The number of sulfonamides is 1. The van der Waals surface area contributed by atoms with Crippen molar-refractivity contribution in [2.24, 2.45) is 0 Å². The molecule has 0 bridgehead atoms. The van der Waals surface area contributed by atoms with Crippen LogP contribution in [0.25, 0.3) is 0 Å². The fourth-order valence-corrected chi connectivity index (χ4v) is 2.88. The standard InChI is InChI=1S/C11H19N3O3S2/c1-5-9(11-13-7(2)8(3)18-11)14-10(15)6-12-19(4,16)17/h9,12H,5-6H2,1-4H3,(H,14,15). The van der Waals surface area contributed by atoms with Crippen LogP contribution >= 0.6 is 11.3 Å². The largest absolute Gasteiger partial charge is 0.346 e. The summed E-state index contributed by atoms with van der Waals surface area (Å²) in [7, 11) is -3.35. The molecule has 1 rings (SSSR count). The van der Waals surface area contributed by atoms with Crippen LogP contribution in [0.1, 0.15) is 35.0 Å². The summed E-state index contributed by atoms with van der Waals surface area (Å²) in [6.45, 7) is 5.60. The first kappa shape index (κ1) is 16.1. The van der Waals surface area contributed by atoms with Crippen LogP contribution in [0.4, 0.5) is 0 Å². The van der Waals surface area contributed by atoms with Crippen molar-refractivity contribution in [2.45, 2.75) is 33.2 Å². The normalized spacial score (nSPS) is 13.3. The summed E-state index contributed by atoms with van der Waals surface area (Å²) in [5.74, 6) is -0.359. The Labute approximate surface area is 117 Å². The SMILES string of the molecule is CCC(NC(=O)CNS(C)(=O)=O)c1nc(C)c(C)s1. The third kappa shape index (κ3) is 5.25. The molecule has 1 atom stereocenters. The van der Waals surface area contributed by atoms with Gasteiger partial charge in [-0.15, -0.1) is 11.3 Å². The number of hydrogen-bond acceptors (Lipinski definition) is 5. The van der Waals surface area contributed by atoms with Crippen molar-refractivity contribution in [3.8, 4) is 0 Å². The number of rotatable bonds is 6. The molecule has 1 unspecified atom stereocenters. The molecule has 0 saturated carbocycles. The Morgan fingerprint density at radius 2 is 2.05 bits per heavy atom. The van der Waals surface area contributed by atoms with Gasteiger partial charge < -0.3 is 5.32 Å². The Morgan fingerprint density at radius 3 is 2.47 bits per heavy atom. The summed E-state index contributed by atoms with van der Waals surface area (Å²) in [6.07, 6.45) is 1.72. The van der Waals surface area contributed by atoms with Crippen LogP contribution < -0.4 is 10.0 Å². The molecule has 0 aliphatic carbocycles. The fraction of sp³-hybridized carbons (Fsp3) is 0.636. The maximum absolute atomic E-state index is 11.7. The molecule has 2 N–H and O–H groups in total. The second kappa shape index (κ2) is 6.44. The second-order valence-corrected chi connectivity index (χ2v) is 7.38. The number of carbonyl (C=O) groups is 1. The zero-order chi connectivity index (χ0) is 14.6. The molecule has 0 aromatic carbocycles. The van der Waals surface area contributed by atoms with E-state index in [1.165, 1.54) is 0 Å². The number of aryl methyl sites for hydroxylation is 2. The van der Waals surface area contributed by atoms with Crippen molar-refractivity contribution < 1.29 is 13.2 Å². The van der Waals surface area contributed by atoms with Crippen LogP contribution in [0.15, 0.2) is 0 Å². The summed E-state index contributed by atoms with van der Waals surface area (Å²) >= 11 is 1.55. The highest BCUT2D eigenvalue weighted by Crippen LogP contribution is 2.24. The number of hydrogen-bond donors (Lipinski definition) is 2. The van der Waals surface area contributed by atoms with Gasteiger partial charge in [0.15, 0.2) is 0 Å². The monoisotopic (exact) mass is 305 g/mol. The summed E-state index contributed by atoms with van der Waals surface area (Å²) in [4.78, 5) is 17.2. The summed E-state index contributed by atoms with van der Waals surface area (Å²) in [5.41, 5.74) is 0.960. The van der Waals surface area contributed by atoms with Gasteiger partial charge >= 0.3 is 0 Å². The highest BCUT2D eigenvalue weighted by atomic mass is 32.2. The predicted molar refractivity (Wildman–Crippen MR) is 75.6 cm³/mol. The highest BCUT2D eigenvalue weighted by Gasteiger charge is 2.17. The molecule has 0 aliphatic rings. The molecule has 8 heteroatoms. The summed E-state index contributed by atoms with van der Waals surface area (Å²) < 4.78 is 24.0. The smallest absolute Gasteiger partial charge is 0.235 e. The van der Waals surface area contributed by atoms with Crippen LogP contribution in [-0.4, -0.2) is 32.1 Å². The van der Waals surface area contributed by atoms with E-state index in [4.69, 9.17) is 0 Å². The van der Waals surface area contributed by atoms with Crippen LogP contribution in [0.2, 0.25) is 0 Å². The molecule has 19 heavy (non-hydrogen) atoms. The van der Waals surface area contributed by atoms with Crippen LogP contribution in [0.3, 0.4) is 0 Å². The lowest BCUT2D eigenvalue weighted by Gasteiger charge is -2.14. The molecule has 0 aliphatic heterocycles. The van der Waals surface area contributed by atoms with E-state index in [0.717, 1.165) is 21.8 Å². The first-order chi connectivity index (χ1) is 8.73. The van der Waals surface area contributed by atoms with E-state index in [-0.39, 0.29) is 18.5 Å². The van der Waals surface area contributed by atoms with E-state index in [2.05, 4.69) is 15.0 Å². The molecule has 1 heterocycles. The fourth-order valence-electron chi connectivity index (χ4n) is 1.43. The molecule has 1 aromatic heterocycles. The van der Waals surface area contributed by atoms with E-state index in [9.17, 15) is 13.2 Å². The third-order valence-electron chi connectivity index (χ3n) is 2.58. The van der Waals surface area contributed by atoms with E-state index in [1.807, 2.05) is 20.8 Å². The zero-order valence-electron chi connectivity index (χ0n) is 11.5. The molecule has 0 fully saturated rings. The van der Waals surface area contributed by atoms with Gasteiger partial charge in [0.1, 0.15) is 5.01 Å². The molecule has 6 nitrogen and oxygen atoms in total. The van der Waals surface area contributed by atoms with Crippen LogP contribution in [0, 0.1) is 13.8 Å². The van der Waals surface area contributed by atoms with E-state index >= 15 is 0 Å². The van der Waals surface area contributed by atoms with Gasteiger partial charge in [-0.2, -0.15) is 0 Å². The van der Waals surface area contributed by atoms with Crippen LogP contribution in [-0.2, 0) is 14.8 Å². The molecule has 1 amide bonds. The first-order valence-electron chi connectivity index (χ1n) is 5.91. The molecule has 0 spiro atoms. The predicted octanol–water partition coefficient (Wildman–Crippen LogP) is 0.876. The minimum absolute atomic E-state index is 0.175. The Bertz CT molecular complexity index is 532. The van der Waals surface area contributed by atoms with E-state index in [0.29, 0.717) is 6.42 Å². The first-order valence-corrected chi connectivity index (χ1v) is 8.61. The number of nitrogens with one attached hydrogen (secondary N) is 2. The van der Waals surface area contributed by atoms with Gasteiger partial charge in [-0.3, -0.25) is 4.79 Å². The quantitative estimate of drug-likeness (QED) is 0.816.